The van der Waals surface area contributed by atoms with E-state index in [2.05, 4.69) is 31.2 Å². The highest BCUT2D eigenvalue weighted by atomic mass is 15.1. The zero-order valence-corrected chi connectivity index (χ0v) is 10.5. The van der Waals surface area contributed by atoms with Crippen LogP contribution in [0.4, 0.5) is 0 Å². The molecule has 2 fully saturated rings. The Kier molecular flexibility index (Phi) is 3.68. The monoisotopic (exact) mass is 210 g/mol. The maximum atomic E-state index is 3.84. The highest BCUT2D eigenvalue weighted by molar-refractivity contribution is 4.94. The molecule has 0 aromatic rings. The third kappa shape index (κ3) is 2.94. The first kappa shape index (κ1) is 11.4. The van der Waals surface area contributed by atoms with Gasteiger partial charge in [-0.3, -0.25) is 0 Å². The smallest absolute Gasteiger partial charge is 0.0101 e. The summed E-state index contributed by atoms with van der Waals surface area (Å²) in [7, 11) is 4.31. The van der Waals surface area contributed by atoms with Gasteiger partial charge in [0.2, 0.25) is 0 Å². The fourth-order valence-electron chi connectivity index (χ4n) is 3.35. The lowest BCUT2D eigenvalue weighted by molar-refractivity contribution is 0.298. The molecule has 2 aliphatic rings. The van der Waals surface area contributed by atoms with Crippen LogP contribution in [0.2, 0.25) is 0 Å². The second kappa shape index (κ2) is 4.84. The molecule has 2 saturated carbocycles. The molecule has 0 saturated heterocycles. The number of hydrogen-bond donors (Lipinski definition) is 1. The Hall–Kier alpha value is -0.0800. The zero-order chi connectivity index (χ0) is 10.8. The molecule has 4 atom stereocenters. The number of rotatable bonds is 5. The van der Waals surface area contributed by atoms with E-state index < -0.39 is 0 Å². The second-order valence-corrected chi connectivity index (χ2v) is 5.94. The van der Waals surface area contributed by atoms with Crippen molar-refractivity contribution in [2.75, 3.05) is 20.6 Å². The van der Waals surface area contributed by atoms with Crippen LogP contribution in [0.3, 0.4) is 0 Å². The molecule has 0 radical (unpaired) electrons. The first-order valence-electron chi connectivity index (χ1n) is 6.56. The van der Waals surface area contributed by atoms with Crippen LogP contribution in [-0.4, -0.2) is 37.6 Å². The van der Waals surface area contributed by atoms with Gasteiger partial charge in [-0.25, -0.2) is 0 Å². The summed E-state index contributed by atoms with van der Waals surface area (Å²) in [6.07, 6.45) is 7.24. The molecule has 0 spiro atoms. The van der Waals surface area contributed by atoms with Crippen molar-refractivity contribution in [3.63, 3.8) is 0 Å². The molecule has 2 bridgehead atoms. The highest BCUT2D eigenvalue weighted by Gasteiger charge is 2.39. The van der Waals surface area contributed by atoms with E-state index in [1.807, 2.05) is 0 Å². The Labute approximate surface area is 94.4 Å². The van der Waals surface area contributed by atoms with Crippen molar-refractivity contribution in [3.8, 4) is 0 Å². The van der Waals surface area contributed by atoms with Gasteiger partial charge in [0.1, 0.15) is 0 Å². The molecular formula is C13H26N2. The van der Waals surface area contributed by atoms with Crippen LogP contribution in [0.5, 0.6) is 0 Å². The summed E-state index contributed by atoms with van der Waals surface area (Å²) < 4.78 is 0. The highest BCUT2D eigenvalue weighted by Crippen LogP contribution is 2.44. The minimum Gasteiger partial charge on any atom is -0.311 e. The van der Waals surface area contributed by atoms with Gasteiger partial charge < -0.3 is 10.2 Å². The summed E-state index contributed by atoms with van der Waals surface area (Å²) >= 11 is 0. The SMILES string of the molecule is CC(CCN(C)C)NC1CC2CCC1C2. The van der Waals surface area contributed by atoms with E-state index in [1.54, 1.807) is 0 Å². The van der Waals surface area contributed by atoms with Crippen LogP contribution in [0.15, 0.2) is 0 Å². The van der Waals surface area contributed by atoms with E-state index >= 15 is 0 Å². The van der Waals surface area contributed by atoms with Crippen molar-refractivity contribution >= 4 is 0 Å². The van der Waals surface area contributed by atoms with E-state index in [0.29, 0.717) is 6.04 Å². The molecule has 0 aromatic carbocycles. The zero-order valence-electron chi connectivity index (χ0n) is 10.5. The van der Waals surface area contributed by atoms with Crippen LogP contribution < -0.4 is 5.32 Å². The van der Waals surface area contributed by atoms with Crippen molar-refractivity contribution in [2.24, 2.45) is 11.8 Å². The van der Waals surface area contributed by atoms with Gasteiger partial charge in [0.15, 0.2) is 0 Å². The van der Waals surface area contributed by atoms with Crippen molar-refractivity contribution < 1.29 is 0 Å². The Morgan fingerprint density at radius 3 is 2.60 bits per heavy atom. The molecule has 0 amide bonds. The van der Waals surface area contributed by atoms with Crippen molar-refractivity contribution in [2.45, 2.75) is 51.1 Å². The van der Waals surface area contributed by atoms with Crippen LogP contribution >= 0.6 is 0 Å². The third-order valence-electron chi connectivity index (χ3n) is 4.25. The van der Waals surface area contributed by atoms with Crippen LogP contribution in [0.1, 0.15) is 39.0 Å². The lowest BCUT2D eigenvalue weighted by Gasteiger charge is -2.27. The van der Waals surface area contributed by atoms with Gasteiger partial charge >= 0.3 is 0 Å². The lowest BCUT2D eigenvalue weighted by atomic mass is 9.94. The molecule has 15 heavy (non-hydrogen) atoms. The number of fused-ring (bicyclic) bond motifs is 2. The molecule has 88 valence electrons. The van der Waals surface area contributed by atoms with Crippen LogP contribution in [-0.2, 0) is 0 Å². The summed E-state index contributed by atoms with van der Waals surface area (Å²) in [5, 5.41) is 3.84. The van der Waals surface area contributed by atoms with Gasteiger partial charge in [-0.05, 0) is 65.1 Å². The lowest BCUT2D eigenvalue weighted by Crippen LogP contribution is -2.41. The average Bonchev–Trinajstić information content (AvgIpc) is 2.76. The van der Waals surface area contributed by atoms with Gasteiger partial charge in [-0.1, -0.05) is 6.42 Å². The summed E-state index contributed by atoms with van der Waals surface area (Å²) in [6.45, 7) is 3.55. The van der Waals surface area contributed by atoms with E-state index in [1.165, 1.54) is 38.6 Å². The predicted molar refractivity (Wildman–Crippen MR) is 65.0 cm³/mol. The fourth-order valence-corrected chi connectivity index (χ4v) is 3.35. The average molecular weight is 210 g/mol. The largest absolute Gasteiger partial charge is 0.311 e. The van der Waals surface area contributed by atoms with Crippen molar-refractivity contribution in [1.29, 1.82) is 0 Å². The number of nitrogens with one attached hydrogen (secondary N) is 1. The molecule has 2 heteroatoms. The van der Waals surface area contributed by atoms with E-state index in [9.17, 15) is 0 Å². The Bertz CT molecular complexity index is 203. The van der Waals surface area contributed by atoms with Gasteiger partial charge in [-0.2, -0.15) is 0 Å². The van der Waals surface area contributed by atoms with Gasteiger partial charge in [0.05, 0.1) is 0 Å². The van der Waals surface area contributed by atoms with Gasteiger partial charge in [-0.15, -0.1) is 0 Å². The molecule has 0 heterocycles. The minimum absolute atomic E-state index is 0.691. The molecular weight excluding hydrogens is 184 g/mol. The van der Waals surface area contributed by atoms with E-state index in [-0.39, 0.29) is 0 Å². The topological polar surface area (TPSA) is 15.3 Å². The van der Waals surface area contributed by atoms with Crippen molar-refractivity contribution in [3.05, 3.63) is 0 Å². The maximum absolute atomic E-state index is 3.84. The molecule has 0 aliphatic heterocycles. The molecule has 2 aliphatic carbocycles. The second-order valence-electron chi connectivity index (χ2n) is 5.94. The molecule has 0 aromatic heterocycles. The molecule has 2 nitrogen and oxygen atoms in total. The normalized spacial score (nSPS) is 36.4. The standard InChI is InChI=1S/C13H26N2/c1-10(6-7-15(2)3)14-13-9-11-4-5-12(13)8-11/h10-14H,4-9H2,1-3H3. The van der Waals surface area contributed by atoms with Gasteiger partial charge in [0.25, 0.3) is 0 Å². The summed E-state index contributed by atoms with van der Waals surface area (Å²) in [5.41, 5.74) is 0. The third-order valence-corrected chi connectivity index (χ3v) is 4.25. The van der Waals surface area contributed by atoms with Crippen LogP contribution in [0.25, 0.3) is 0 Å². The quantitative estimate of drug-likeness (QED) is 0.747. The molecule has 4 unspecified atom stereocenters. The van der Waals surface area contributed by atoms with Gasteiger partial charge in [0, 0.05) is 12.1 Å². The molecule has 2 rings (SSSR count). The summed E-state index contributed by atoms with van der Waals surface area (Å²) in [5.74, 6) is 2.07. The Morgan fingerprint density at radius 1 is 1.27 bits per heavy atom. The minimum atomic E-state index is 0.691. The van der Waals surface area contributed by atoms with E-state index in [0.717, 1.165) is 17.9 Å². The number of nitrogens with zero attached hydrogens (tertiary/aromatic N) is 1. The first-order valence-corrected chi connectivity index (χ1v) is 6.56. The Balaban J connectivity index is 1.68. The summed E-state index contributed by atoms with van der Waals surface area (Å²) in [4.78, 5) is 2.28. The Morgan fingerprint density at radius 2 is 2.07 bits per heavy atom. The fraction of sp³-hybridized carbons (Fsp3) is 1.00. The summed E-state index contributed by atoms with van der Waals surface area (Å²) in [6, 6.07) is 1.54. The van der Waals surface area contributed by atoms with Crippen LogP contribution in [0, 0.1) is 11.8 Å². The predicted octanol–water partition coefficient (Wildman–Crippen LogP) is 2.10. The molecule has 1 N–H and O–H groups in total. The van der Waals surface area contributed by atoms with E-state index in [4.69, 9.17) is 0 Å². The van der Waals surface area contributed by atoms with Crippen molar-refractivity contribution in [1.82, 2.24) is 10.2 Å². The maximum Gasteiger partial charge on any atom is 0.0101 e. The number of hydrogen-bond acceptors (Lipinski definition) is 2. The first-order chi connectivity index (χ1) is 7.15.